The van der Waals surface area contributed by atoms with Gasteiger partial charge in [0.05, 0.1) is 16.9 Å². The number of primary sulfonamides is 1. The molecule has 0 saturated carbocycles. The number of carbonyl (C=O) groups excluding carboxylic acids is 1. The summed E-state index contributed by atoms with van der Waals surface area (Å²) in [5.74, 6) is 0.327. The Balaban J connectivity index is 2.03. The number of sulfonamides is 1. The standard InChI is InChI=1S/C14H21N3O3S/c1-9-7-16-8-13(9)14(18)17-10(2)11-3-5-12(6-4-11)21(15,19)20/h3-6,9-10,13,16H,7-8H2,1-2H3,(H,17,18)(H2,15,19,20)/t9-,10?,13-/m1/s1. The molecule has 116 valence electrons. The van der Waals surface area contributed by atoms with E-state index in [0.29, 0.717) is 12.5 Å². The maximum Gasteiger partial charge on any atom is 0.238 e. The zero-order valence-corrected chi connectivity index (χ0v) is 13.0. The topological polar surface area (TPSA) is 101 Å². The van der Waals surface area contributed by atoms with Crippen molar-refractivity contribution in [1.82, 2.24) is 10.6 Å². The zero-order chi connectivity index (χ0) is 15.6. The van der Waals surface area contributed by atoms with Crippen LogP contribution in [0.4, 0.5) is 0 Å². The molecule has 6 nitrogen and oxygen atoms in total. The van der Waals surface area contributed by atoms with Crippen molar-refractivity contribution in [3.05, 3.63) is 29.8 Å². The summed E-state index contributed by atoms with van der Waals surface area (Å²) >= 11 is 0. The summed E-state index contributed by atoms with van der Waals surface area (Å²) in [4.78, 5) is 12.3. The van der Waals surface area contributed by atoms with Gasteiger partial charge in [0.2, 0.25) is 15.9 Å². The zero-order valence-electron chi connectivity index (χ0n) is 12.2. The fourth-order valence-electron chi connectivity index (χ4n) is 2.51. The van der Waals surface area contributed by atoms with Crippen molar-refractivity contribution in [3.8, 4) is 0 Å². The van der Waals surface area contributed by atoms with E-state index in [1.165, 1.54) is 12.1 Å². The Morgan fingerprint density at radius 3 is 2.43 bits per heavy atom. The molecule has 0 bridgehead atoms. The molecule has 1 fully saturated rings. The summed E-state index contributed by atoms with van der Waals surface area (Å²) in [5.41, 5.74) is 0.842. The van der Waals surface area contributed by atoms with E-state index in [0.717, 1.165) is 12.1 Å². The van der Waals surface area contributed by atoms with Crippen LogP contribution in [0.3, 0.4) is 0 Å². The van der Waals surface area contributed by atoms with E-state index in [1.54, 1.807) is 12.1 Å². The Labute approximate surface area is 125 Å². The van der Waals surface area contributed by atoms with Gasteiger partial charge in [0.15, 0.2) is 0 Å². The summed E-state index contributed by atoms with van der Waals surface area (Å²) in [6.07, 6.45) is 0. The molecule has 0 aromatic heterocycles. The fraction of sp³-hybridized carbons (Fsp3) is 0.500. The van der Waals surface area contributed by atoms with Gasteiger partial charge in [-0.05, 0) is 37.1 Å². The van der Waals surface area contributed by atoms with Gasteiger partial charge in [0, 0.05) is 6.54 Å². The molecule has 1 amide bonds. The third kappa shape index (κ3) is 3.81. The highest BCUT2D eigenvalue weighted by Crippen LogP contribution is 2.19. The third-order valence-corrected chi connectivity index (χ3v) is 4.85. The fourth-order valence-corrected chi connectivity index (χ4v) is 3.03. The largest absolute Gasteiger partial charge is 0.349 e. The van der Waals surface area contributed by atoms with Crippen LogP contribution in [0.15, 0.2) is 29.2 Å². The van der Waals surface area contributed by atoms with Crippen LogP contribution in [0, 0.1) is 11.8 Å². The highest BCUT2D eigenvalue weighted by molar-refractivity contribution is 7.89. The van der Waals surface area contributed by atoms with Crippen LogP contribution in [-0.2, 0) is 14.8 Å². The number of benzene rings is 1. The van der Waals surface area contributed by atoms with Gasteiger partial charge in [-0.2, -0.15) is 0 Å². The second-order valence-electron chi connectivity index (χ2n) is 5.59. The van der Waals surface area contributed by atoms with Gasteiger partial charge in [-0.25, -0.2) is 13.6 Å². The molecule has 0 radical (unpaired) electrons. The van der Waals surface area contributed by atoms with Crippen molar-refractivity contribution in [2.75, 3.05) is 13.1 Å². The third-order valence-electron chi connectivity index (χ3n) is 3.92. The molecule has 7 heteroatoms. The number of amides is 1. The summed E-state index contributed by atoms with van der Waals surface area (Å²) in [6.45, 7) is 5.48. The lowest BCUT2D eigenvalue weighted by Gasteiger charge is -2.19. The molecule has 1 unspecified atom stereocenters. The quantitative estimate of drug-likeness (QED) is 0.747. The van der Waals surface area contributed by atoms with E-state index in [9.17, 15) is 13.2 Å². The average Bonchev–Trinajstić information content (AvgIpc) is 2.84. The van der Waals surface area contributed by atoms with Gasteiger partial charge >= 0.3 is 0 Å². The van der Waals surface area contributed by atoms with Crippen LogP contribution in [-0.4, -0.2) is 27.4 Å². The number of nitrogens with two attached hydrogens (primary N) is 1. The van der Waals surface area contributed by atoms with Gasteiger partial charge < -0.3 is 10.6 Å². The van der Waals surface area contributed by atoms with Crippen molar-refractivity contribution in [1.29, 1.82) is 0 Å². The SMILES string of the molecule is CC(NC(=O)[C@@H]1CNC[C@H]1C)c1ccc(S(N)(=O)=O)cc1. The first-order chi connectivity index (χ1) is 9.79. The van der Waals surface area contributed by atoms with E-state index < -0.39 is 10.0 Å². The van der Waals surface area contributed by atoms with Crippen LogP contribution in [0.2, 0.25) is 0 Å². The highest BCUT2D eigenvalue weighted by Gasteiger charge is 2.30. The molecular weight excluding hydrogens is 290 g/mol. The molecule has 1 aromatic carbocycles. The number of hydrogen-bond acceptors (Lipinski definition) is 4. The first-order valence-corrected chi connectivity index (χ1v) is 8.47. The minimum Gasteiger partial charge on any atom is -0.349 e. The van der Waals surface area contributed by atoms with Crippen LogP contribution >= 0.6 is 0 Å². The van der Waals surface area contributed by atoms with Gasteiger partial charge in [-0.15, -0.1) is 0 Å². The van der Waals surface area contributed by atoms with Crippen molar-refractivity contribution < 1.29 is 13.2 Å². The Morgan fingerprint density at radius 1 is 1.33 bits per heavy atom. The van der Waals surface area contributed by atoms with E-state index in [-0.39, 0.29) is 22.8 Å². The molecule has 4 N–H and O–H groups in total. The Bertz CT molecular complexity index is 613. The predicted octanol–water partition coefficient (Wildman–Crippen LogP) is 0.367. The van der Waals surface area contributed by atoms with E-state index in [4.69, 9.17) is 5.14 Å². The Kier molecular flexibility index (Phi) is 4.65. The molecule has 1 aromatic rings. The van der Waals surface area contributed by atoms with Crippen molar-refractivity contribution in [3.63, 3.8) is 0 Å². The van der Waals surface area contributed by atoms with Gasteiger partial charge in [-0.1, -0.05) is 19.1 Å². The molecule has 0 aliphatic carbocycles. The summed E-state index contributed by atoms with van der Waals surface area (Å²) < 4.78 is 22.4. The van der Waals surface area contributed by atoms with Crippen LogP contribution < -0.4 is 15.8 Å². The number of carbonyl (C=O) groups is 1. The maximum absolute atomic E-state index is 12.2. The molecule has 1 aliphatic heterocycles. The minimum atomic E-state index is -3.68. The smallest absolute Gasteiger partial charge is 0.238 e. The molecule has 1 aliphatic rings. The molecule has 1 saturated heterocycles. The lowest BCUT2D eigenvalue weighted by atomic mass is 9.96. The molecular formula is C14H21N3O3S. The Hall–Kier alpha value is -1.44. The highest BCUT2D eigenvalue weighted by atomic mass is 32.2. The lowest BCUT2D eigenvalue weighted by Crippen LogP contribution is -2.35. The summed E-state index contributed by atoms with van der Waals surface area (Å²) in [6, 6.07) is 6.06. The second-order valence-corrected chi connectivity index (χ2v) is 7.15. The van der Waals surface area contributed by atoms with E-state index in [1.807, 2.05) is 6.92 Å². The number of hydrogen-bond donors (Lipinski definition) is 3. The Morgan fingerprint density at radius 2 is 1.95 bits per heavy atom. The lowest BCUT2D eigenvalue weighted by molar-refractivity contribution is -0.126. The van der Waals surface area contributed by atoms with Gasteiger partial charge in [0.1, 0.15) is 0 Å². The monoisotopic (exact) mass is 311 g/mol. The van der Waals surface area contributed by atoms with Crippen LogP contribution in [0.1, 0.15) is 25.5 Å². The molecule has 1 heterocycles. The van der Waals surface area contributed by atoms with Crippen molar-refractivity contribution in [2.45, 2.75) is 24.8 Å². The van der Waals surface area contributed by atoms with E-state index >= 15 is 0 Å². The normalized spacial score (nSPS) is 23.8. The molecule has 21 heavy (non-hydrogen) atoms. The minimum absolute atomic E-state index is 0.0175. The van der Waals surface area contributed by atoms with Crippen LogP contribution in [0.25, 0.3) is 0 Å². The first-order valence-electron chi connectivity index (χ1n) is 6.93. The number of rotatable bonds is 4. The molecule has 2 rings (SSSR count). The van der Waals surface area contributed by atoms with Crippen molar-refractivity contribution >= 4 is 15.9 Å². The summed E-state index contributed by atoms with van der Waals surface area (Å²) in [5, 5.41) is 11.2. The predicted molar refractivity (Wildman–Crippen MR) is 79.9 cm³/mol. The van der Waals surface area contributed by atoms with Gasteiger partial charge in [0.25, 0.3) is 0 Å². The molecule has 3 atom stereocenters. The molecule has 0 spiro atoms. The van der Waals surface area contributed by atoms with Crippen LogP contribution in [0.5, 0.6) is 0 Å². The maximum atomic E-state index is 12.2. The van der Waals surface area contributed by atoms with Crippen molar-refractivity contribution in [2.24, 2.45) is 17.0 Å². The van der Waals surface area contributed by atoms with E-state index in [2.05, 4.69) is 17.6 Å². The summed E-state index contributed by atoms with van der Waals surface area (Å²) in [7, 11) is -3.68. The first kappa shape index (κ1) is 15.9. The number of nitrogens with one attached hydrogen (secondary N) is 2. The average molecular weight is 311 g/mol. The second kappa shape index (κ2) is 6.13. The van der Waals surface area contributed by atoms with Gasteiger partial charge in [-0.3, -0.25) is 4.79 Å².